The molecule has 0 heterocycles. The van der Waals surface area contributed by atoms with Gasteiger partial charge in [-0.2, -0.15) is 0 Å². The second-order valence-corrected chi connectivity index (χ2v) is 5.27. The van der Waals surface area contributed by atoms with Crippen LogP contribution in [-0.2, 0) is 11.2 Å². The van der Waals surface area contributed by atoms with Crippen molar-refractivity contribution in [3.05, 3.63) is 64.7 Å². The van der Waals surface area contributed by atoms with Crippen molar-refractivity contribution >= 4 is 23.2 Å². The maximum Gasteiger partial charge on any atom is 0.227 e. The summed E-state index contributed by atoms with van der Waals surface area (Å²) in [5.74, 6) is -0.210. The molecule has 2 rings (SSSR count). The highest BCUT2D eigenvalue weighted by Crippen LogP contribution is 2.21. The Morgan fingerprint density at radius 3 is 2.52 bits per heavy atom. The normalized spacial score (nSPS) is 12.0. The van der Waals surface area contributed by atoms with Gasteiger partial charge in [-0.15, -0.1) is 0 Å². The molecule has 2 aromatic rings. The van der Waals surface area contributed by atoms with Crippen LogP contribution in [0.4, 0.5) is 5.69 Å². The minimum atomic E-state index is -0.837. The quantitative estimate of drug-likeness (QED) is 0.878. The monoisotopic (exact) mass is 303 g/mol. The second-order valence-electron chi connectivity index (χ2n) is 4.83. The minimum absolute atomic E-state index is 0.0136. The van der Waals surface area contributed by atoms with Crippen molar-refractivity contribution < 1.29 is 9.90 Å². The van der Waals surface area contributed by atoms with Crippen LogP contribution in [0.25, 0.3) is 0 Å². The summed E-state index contributed by atoms with van der Waals surface area (Å²) in [7, 11) is 0. The van der Waals surface area contributed by atoms with Gasteiger partial charge in [0.2, 0.25) is 5.91 Å². The van der Waals surface area contributed by atoms with Crippen LogP contribution in [0.2, 0.25) is 5.02 Å². The van der Waals surface area contributed by atoms with E-state index < -0.39 is 6.10 Å². The van der Waals surface area contributed by atoms with Gasteiger partial charge in [0.1, 0.15) is 0 Å². The Bertz CT molecular complexity index is 610. The molecule has 21 heavy (non-hydrogen) atoms. The molecule has 3 nitrogen and oxygen atoms in total. The van der Waals surface area contributed by atoms with Crippen LogP contribution < -0.4 is 5.32 Å². The molecule has 0 radical (unpaired) electrons. The molecule has 0 saturated carbocycles. The van der Waals surface area contributed by atoms with E-state index in [0.717, 1.165) is 17.7 Å². The van der Waals surface area contributed by atoms with Gasteiger partial charge in [-0.1, -0.05) is 48.9 Å². The Morgan fingerprint density at radius 1 is 1.19 bits per heavy atom. The zero-order valence-electron chi connectivity index (χ0n) is 11.8. The first-order chi connectivity index (χ1) is 10.1. The van der Waals surface area contributed by atoms with Crippen LogP contribution in [-0.4, -0.2) is 11.0 Å². The van der Waals surface area contributed by atoms with Crippen LogP contribution >= 0.6 is 11.6 Å². The molecule has 2 N–H and O–H groups in total. The maximum absolute atomic E-state index is 12.0. The number of anilines is 1. The Balaban J connectivity index is 1.99. The first kappa shape index (κ1) is 15.5. The zero-order valence-corrected chi connectivity index (χ0v) is 12.6. The van der Waals surface area contributed by atoms with Gasteiger partial charge in [-0.25, -0.2) is 0 Å². The van der Waals surface area contributed by atoms with Crippen molar-refractivity contribution in [1.29, 1.82) is 0 Å². The molecule has 0 spiro atoms. The Labute approximate surface area is 129 Å². The topological polar surface area (TPSA) is 49.3 Å². The number of para-hydroxylation sites is 1. The third kappa shape index (κ3) is 4.31. The Hall–Kier alpha value is -1.84. The van der Waals surface area contributed by atoms with Crippen LogP contribution in [0.1, 0.15) is 30.6 Å². The molecule has 0 bridgehead atoms. The highest BCUT2D eigenvalue weighted by Gasteiger charge is 2.14. The summed E-state index contributed by atoms with van der Waals surface area (Å²) in [4.78, 5) is 12.0. The van der Waals surface area contributed by atoms with E-state index in [4.69, 9.17) is 11.6 Å². The molecule has 2 aromatic carbocycles. The fraction of sp³-hybridized carbons (Fsp3) is 0.235. The second kappa shape index (κ2) is 7.25. The third-order valence-electron chi connectivity index (χ3n) is 3.31. The van der Waals surface area contributed by atoms with Crippen molar-refractivity contribution in [3.63, 3.8) is 0 Å². The number of nitrogens with one attached hydrogen (secondary N) is 1. The van der Waals surface area contributed by atoms with Crippen molar-refractivity contribution in [2.24, 2.45) is 0 Å². The van der Waals surface area contributed by atoms with E-state index in [9.17, 15) is 9.90 Å². The number of hydrogen-bond acceptors (Lipinski definition) is 2. The lowest BCUT2D eigenvalue weighted by molar-refractivity contribution is -0.118. The highest BCUT2D eigenvalue weighted by atomic mass is 35.5. The number of aliphatic hydroxyl groups excluding tert-OH is 1. The van der Waals surface area contributed by atoms with E-state index in [-0.39, 0.29) is 12.3 Å². The summed E-state index contributed by atoms with van der Waals surface area (Å²) in [5.41, 5.74) is 2.55. The third-order valence-corrected chi connectivity index (χ3v) is 3.56. The molecule has 1 unspecified atom stereocenters. The van der Waals surface area contributed by atoms with E-state index >= 15 is 0 Å². The molecule has 1 amide bonds. The van der Waals surface area contributed by atoms with E-state index in [1.807, 2.05) is 31.2 Å². The number of carbonyl (C=O) groups is 1. The van der Waals surface area contributed by atoms with Gasteiger partial charge < -0.3 is 10.4 Å². The van der Waals surface area contributed by atoms with Crippen LogP contribution in [0.15, 0.2) is 48.5 Å². The number of amides is 1. The smallest absolute Gasteiger partial charge is 0.227 e. The summed E-state index contributed by atoms with van der Waals surface area (Å²) < 4.78 is 0. The van der Waals surface area contributed by atoms with Crippen molar-refractivity contribution in [3.8, 4) is 0 Å². The summed E-state index contributed by atoms with van der Waals surface area (Å²) in [6.07, 6.45) is 0.0200. The molecule has 0 fully saturated rings. The average molecular weight is 304 g/mol. The lowest BCUT2D eigenvalue weighted by atomic mass is 10.1. The number of rotatable bonds is 5. The number of aliphatic hydroxyl groups is 1. The van der Waals surface area contributed by atoms with Gasteiger partial charge in [0.25, 0.3) is 0 Å². The van der Waals surface area contributed by atoms with Gasteiger partial charge in [0.15, 0.2) is 0 Å². The molecule has 4 heteroatoms. The van der Waals surface area contributed by atoms with E-state index in [1.54, 1.807) is 24.3 Å². The van der Waals surface area contributed by atoms with Gasteiger partial charge in [-0.05, 0) is 35.7 Å². The summed E-state index contributed by atoms with van der Waals surface area (Å²) in [5, 5.41) is 13.5. The molecule has 0 aliphatic carbocycles. The van der Waals surface area contributed by atoms with Crippen LogP contribution in [0.5, 0.6) is 0 Å². The molecule has 0 aliphatic heterocycles. The number of benzene rings is 2. The van der Waals surface area contributed by atoms with Crippen LogP contribution in [0.3, 0.4) is 0 Å². The molecule has 110 valence electrons. The first-order valence-electron chi connectivity index (χ1n) is 6.91. The number of halogens is 1. The number of aryl methyl sites for hydroxylation is 1. The van der Waals surface area contributed by atoms with Crippen molar-refractivity contribution in [2.45, 2.75) is 25.9 Å². The fourth-order valence-electron chi connectivity index (χ4n) is 2.13. The summed E-state index contributed by atoms with van der Waals surface area (Å²) >= 11 is 5.80. The van der Waals surface area contributed by atoms with Crippen molar-refractivity contribution in [2.75, 3.05) is 5.32 Å². The highest BCUT2D eigenvalue weighted by molar-refractivity contribution is 6.30. The Kier molecular flexibility index (Phi) is 5.37. The first-order valence-corrected chi connectivity index (χ1v) is 7.29. The summed E-state index contributed by atoms with van der Waals surface area (Å²) in [6, 6.07) is 14.5. The Morgan fingerprint density at radius 2 is 1.86 bits per heavy atom. The average Bonchev–Trinajstić information content (AvgIpc) is 2.48. The SMILES string of the molecule is CCc1ccccc1NC(=O)CC(O)c1ccc(Cl)cc1. The van der Waals surface area contributed by atoms with Gasteiger partial charge in [-0.3, -0.25) is 4.79 Å². The molecular formula is C17H18ClNO2. The zero-order chi connectivity index (χ0) is 15.2. The number of carbonyl (C=O) groups excluding carboxylic acids is 1. The predicted molar refractivity (Wildman–Crippen MR) is 85.5 cm³/mol. The standard InChI is InChI=1S/C17H18ClNO2/c1-2-12-5-3-4-6-15(12)19-17(21)11-16(20)13-7-9-14(18)10-8-13/h3-10,16,20H,2,11H2,1H3,(H,19,21). The van der Waals surface area contributed by atoms with Gasteiger partial charge >= 0.3 is 0 Å². The fourth-order valence-corrected chi connectivity index (χ4v) is 2.26. The lowest BCUT2D eigenvalue weighted by Crippen LogP contribution is -2.16. The van der Waals surface area contributed by atoms with Gasteiger partial charge in [0, 0.05) is 10.7 Å². The predicted octanol–water partition coefficient (Wildman–Crippen LogP) is 3.96. The van der Waals surface area contributed by atoms with E-state index in [2.05, 4.69) is 5.32 Å². The molecule has 0 aromatic heterocycles. The van der Waals surface area contributed by atoms with E-state index in [0.29, 0.717) is 10.6 Å². The molecule has 0 aliphatic rings. The van der Waals surface area contributed by atoms with Crippen molar-refractivity contribution in [1.82, 2.24) is 0 Å². The number of hydrogen-bond donors (Lipinski definition) is 2. The molecule has 0 saturated heterocycles. The molecular weight excluding hydrogens is 286 g/mol. The summed E-state index contributed by atoms with van der Waals surface area (Å²) in [6.45, 7) is 2.04. The minimum Gasteiger partial charge on any atom is -0.388 e. The van der Waals surface area contributed by atoms with Gasteiger partial charge in [0.05, 0.1) is 12.5 Å². The molecule has 1 atom stereocenters. The van der Waals surface area contributed by atoms with E-state index in [1.165, 1.54) is 0 Å². The van der Waals surface area contributed by atoms with Crippen LogP contribution in [0, 0.1) is 0 Å². The largest absolute Gasteiger partial charge is 0.388 e. The lowest BCUT2D eigenvalue weighted by Gasteiger charge is -2.13. The maximum atomic E-state index is 12.0.